The van der Waals surface area contributed by atoms with E-state index in [9.17, 15) is 9.59 Å². The fourth-order valence-electron chi connectivity index (χ4n) is 2.42. The molecule has 128 valence electrons. The Morgan fingerprint density at radius 1 is 1.12 bits per heavy atom. The fraction of sp³-hybridized carbons (Fsp3) is 0.389. The average molecular weight is 345 g/mol. The van der Waals surface area contributed by atoms with Gasteiger partial charge in [-0.2, -0.15) is 0 Å². The van der Waals surface area contributed by atoms with Crippen LogP contribution in [0.5, 0.6) is 0 Å². The van der Waals surface area contributed by atoms with Crippen LogP contribution >= 0.6 is 11.3 Å². The summed E-state index contributed by atoms with van der Waals surface area (Å²) in [5.74, 6) is -0.295. The predicted octanol–water partition coefficient (Wildman–Crippen LogP) is 3.84. The van der Waals surface area contributed by atoms with Gasteiger partial charge in [-0.25, -0.2) is 4.98 Å². The van der Waals surface area contributed by atoms with Crippen LogP contribution in [0.15, 0.2) is 17.5 Å². The maximum atomic E-state index is 12.3. The molecule has 0 spiro atoms. The van der Waals surface area contributed by atoms with Crippen molar-refractivity contribution in [1.29, 1.82) is 0 Å². The van der Waals surface area contributed by atoms with Gasteiger partial charge in [0.1, 0.15) is 0 Å². The van der Waals surface area contributed by atoms with Crippen molar-refractivity contribution in [3.05, 3.63) is 39.9 Å². The number of thiazole rings is 1. The van der Waals surface area contributed by atoms with Crippen molar-refractivity contribution in [2.75, 3.05) is 10.6 Å². The molecular weight excluding hydrogens is 322 g/mol. The van der Waals surface area contributed by atoms with Gasteiger partial charge in [0.15, 0.2) is 5.13 Å². The van der Waals surface area contributed by atoms with Crippen molar-refractivity contribution in [1.82, 2.24) is 4.98 Å². The minimum Gasteiger partial charge on any atom is -0.325 e. The topological polar surface area (TPSA) is 71.1 Å². The molecule has 2 aromatic rings. The van der Waals surface area contributed by atoms with Crippen molar-refractivity contribution in [3.8, 4) is 0 Å². The third-order valence-corrected chi connectivity index (χ3v) is 4.40. The molecule has 0 aliphatic heterocycles. The monoisotopic (exact) mass is 345 g/mol. The van der Waals surface area contributed by atoms with Crippen LogP contribution in [-0.2, 0) is 16.0 Å². The number of carbonyl (C=O) groups excluding carboxylic acids is 2. The molecule has 0 fully saturated rings. The van der Waals surface area contributed by atoms with Gasteiger partial charge in [0, 0.05) is 17.0 Å². The second kappa shape index (κ2) is 7.57. The third-order valence-electron chi connectivity index (χ3n) is 3.59. The van der Waals surface area contributed by atoms with Crippen molar-refractivity contribution in [2.24, 2.45) is 5.92 Å². The van der Waals surface area contributed by atoms with Gasteiger partial charge in [0.25, 0.3) is 0 Å². The second-order valence-electron chi connectivity index (χ2n) is 6.29. The third kappa shape index (κ3) is 4.64. The lowest BCUT2D eigenvalue weighted by molar-refractivity contribution is -0.119. The van der Waals surface area contributed by atoms with Crippen LogP contribution in [0.25, 0.3) is 0 Å². The summed E-state index contributed by atoms with van der Waals surface area (Å²) in [6, 6.07) is 4.09. The van der Waals surface area contributed by atoms with Gasteiger partial charge in [0.05, 0.1) is 12.1 Å². The van der Waals surface area contributed by atoms with Crippen LogP contribution in [0.1, 0.15) is 36.2 Å². The lowest BCUT2D eigenvalue weighted by atomic mass is 10.0. The zero-order valence-electron chi connectivity index (χ0n) is 14.7. The van der Waals surface area contributed by atoms with E-state index < -0.39 is 0 Å². The molecule has 6 heteroatoms. The van der Waals surface area contributed by atoms with Crippen LogP contribution in [0.2, 0.25) is 0 Å². The van der Waals surface area contributed by atoms with E-state index >= 15 is 0 Å². The molecule has 2 rings (SSSR count). The van der Waals surface area contributed by atoms with E-state index in [0.29, 0.717) is 10.8 Å². The summed E-state index contributed by atoms with van der Waals surface area (Å²) in [5.41, 5.74) is 4.77. The normalized spacial score (nSPS) is 10.8. The molecule has 24 heavy (non-hydrogen) atoms. The molecule has 0 atom stereocenters. The number of hydrogen-bond acceptors (Lipinski definition) is 4. The van der Waals surface area contributed by atoms with E-state index in [-0.39, 0.29) is 24.2 Å². The standard InChI is InChI=1S/C18H23N3O2S/c1-10(2)17(23)21-18-19-14(9-24-18)8-15(22)20-16-12(4)6-11(3)7-13(16)5/h6-7,9-10H,8H2,1-5H3,(H,20,22)(H,19,21,23). The van der Waals surface area contributed by atoms with Crippen LogP contribution in [0.4, 0.5) is 10.8 Å². The maximum Gasteiger partial charge on any atom is 0.230 e. The van der Waals surface area contributed by atoms with Crippen LogP contribution in [0, 0.1) is 26.7 Å². The molecule has 5 nitrogen and oxygen atoms in total. The lowest BCUT2D eigenvalue weighted by Gasteiger charge is -2.12. The smallest absolute Gasteiger partial charge is 0.230 e. The first-order chi connectivity index (χ1) is 11.3. The number of benzene rings is 1. The quantitative estimate of drug-likeness (QED) is 0.865. The number of anilines is 2. The predicted molar refractivity (Wildman–Crippen MR) is 98.6 cm³/mol. The molecule has 0 saturated carbocycles. The summed E-state index contributed by atoms with van der Waals surface area (Å²) in [6.07, 6.45) is 0.181. The fourth-order valence-corrected chi connectivity index (χ4v) is 3.13. The van der Waals surface area contributed by atoms with Crippen molar-refractivity contribution in [2.45, 2.75) is 41.0 Å². The number of nitrogens with one attached hydrogen (secondary N) is 2. The number of aryl methyl sites for hydroxylation is 3. The zero-order chi connectivity index (χ0) is 17.9. The Hall–Kier alpha value is -2.21. The number of carbonyl (C=O) groups is 2. The van der Waals surface area contributed by atoms with E-state index in [1.165, 1.54) is 16.9 Å². The van der Waals surface area contributed by atoms with E-state index in [1.54, 1.807) is 5.38 Å². The minimum atomic E-state index is -0.114. The molecule has 2 N–H and O–H groups in total. The summed E-state index contributed by atoms with van der Waals surface area (Å²) in [4.78, 5) is 28.2. The Morgan fingerprint density at radius 3 is 2.33 bits per heavy atom. The van der Waals surface area contributed by atoms with E-state index in [2.05, 4.69) is 15.6 Å². The molecule has 1 aromatic carbocycles. The summed E-state index contributed by atoms with van der Waals surface area (Å²) in [6.45, 7) is 9.65. The largest absolute Gasteiger partial charge is 0.325 e. The van der Waals surface area contributed by atoms with Crippen molar-refractivity contribution < 1.29 is 9.59 Å². The molecule has 0 aliphatic carbocycles. The van der Waals surface area contributed by atoms with Gasteiger partial charge >= 0.3 is 0 Å². The molecule has 1 heterocycles. The number of aromatic nitrogens is 1. The van der Waals surface area contributed by atoms with Gasteiger partial charge in [-0.3, -0.25) is 9.59 Å². The second-order valence-corrected chi connectivity index (χ2v) is 7.14. The Labute approximate surface area is 146 Å². The van der Waals surface area contributed by atoms with Crippen LogP contribution in [-0.4, -0.2) is 16.8 Å². The molecule has 0 aliphatic rings. The molecule has 0 unspecified atom stereocenters. The van der Waals surface area contributed by atoms with E-state index in [1.807, 2.05) is 46.8 Å². The molecule has 1 aromatic heterocycles. The highest BCUT2D eigenvalue weighted by Gasteiger charge is 2.13. The van der Waals surface area contributed by atoms with Gasteiger partial charge < -0.3 is 10.6 Å². The first-order valence-corrected chi connectivity index (χ1v) is 8.77. The van der Waals surface area contributed by atoms with Crippen molar-refractivity contribution in [3.63, 3.8) is 0 Å². The summed E-state index contributed by atoms with van der Waals surface area (Å²) in [5, 5.41) is 8.03. The Kier molecular flexibility index (Phi) is 5.72. The first-order valence-electron chi connectivity index (χ1n) is 7.89. The SMILES string of the molecule is Cc1cc(C)c(NC(=O)Cc2csc(NC(=O)C(C)C)n2)c(C)c1. The molecule has 0 bridgehead atoms. The molecular formula is C18H23N3O2S. The Balaban J connectivity index is 2.01. The van der Waals surface area contributed by atoms with Crippen molar-refractivity contribution >= 4 is 34.0 Å². The molecule has 0 radical (unpaired) electrons. The van der Waals surface area contributed by atoms with Gasteiger partial charge in [-0.1, -0.05) is 31.5 Å². The minimum absolute atomic E-state index is 0.0775. The Morgan fingerprint density at radius 2 is 1.75 bits per heavy atom. The van der Waals surface area contributed by atoms with Gasteiger partial charge in [-0.05, 0) is 31.9 Å². The van der Waals surface area contributed by atoms with Crippen LogP contribution in [0.3, 0.4) is 0 Å². The molecule has 2 amide bonds. The average Bonchev–Trinajstić information content (AvgIpc) is 2.89. The number of rotatable bonds is 5. The maximum absolute atomic E-state index is 12.3. The summed E-state index contributed by atoms with van der Waals surface area (Å²) < 4.78 is 0. The Bertz CT molecular complexity index is 742. The highest BCUT2D eigenvalue weighted by atomic mass is 32.1. The first kappa shape index (κ1) is 18.1. The zero-order valence-corrected chi connectivity index (χ0v) is 15.5. The number of hydrogen-bond donors (Lipinski definition) is 2. The van der Waals surface area contributed by atoms with E-state index in [0.717, 1.165) is 16.8 Å². The van der Waals surface area contributed by atoms with Gasteiger partial charge in [0.2, 0.25) is 11.8 Å². The lowest BCUT2D eigenvalue weighted by Crippen LogP contribution is -2.18. The summed E-state index contributed by atoms with van der Waals surface area (Å²) in [7, 11) is 0. The van der Waals surface area contributed by atoms with E-state index in [4.69, 9.17) is 0 Å². The molecule has 0 saturated heterocycles. The number of nitrogens with zero attached hydrogens (tertiary/aromatic N) is 1. The summed E-state index contributed by atoms with van der Waals surface area (Å²) >= 11 is 1.33. The highest BCUT2D eigenvalue weighted by molar-refractivity contribution is 7.13. The number of amides is 2. The van der Waals surface area contributed by atoms with Gasteiger partial charge in [-0.15, -0.1) is 11.3 Å². The highest BCUT2D eigenvalue weighted by Crippen LogP contribution is 2.22. The van der Waals surface area contributed by atoms with Crippen LogP contribution < -0.4 is 10.6 Å².